The number of esters is 1. The molecule has 0 aliphatic rings. The van der Waals surface area contributed by atoms with E-state index in [4.69, 9.17) is 4.74 Å². The average molecular weight is 168 g/mol. The van der Waals surface area contributed by atoms with Crippen molar-refractivity contribution in [2.75, 3.05) is 6.61 Å². The first-order chi connectivity index (χ1) is 5.57. The van der Waals surface area contributed by atoms with Gasteiger partial charge in [0.1, 0.15) is 0 Å². The molecule has 0 fully saturated rings. The number of hydrogen-bond acceptors (Lipinski definition) is 2. The zero-order chi connectivity index (χ0) is 9.56. The summed E-state index contributed by atoms with van der Waals surface area (Å²) in [7, 11) is 0. The molecule has 1 unspecified atom stereocenters. The average Bonchev–Trinajstić information content (AvgIpc) is 2.00. The van der Waals surface area contributed by atoms with Crippen LogP contribution < -0.4 is 0 Å². The first kappa shape index (κ1) is 11.0. The van der Waals surface area contributed by atoms with Gasteiger partial charge in [-0.05, 0) is 18.9 Å². The number of hydrogen-bond donors (Lipinski definition) is 0. The Labute approximate surface area is 73.9 Å². The fourth-order valence-corrected chi connectivity index (χ4v) is 0.625. The van der Waals surface area contributed by atoms with E-state index in [1.54, 1.807) is 13.0 Å². The van der Waals surface area contributed by atoms with Crippen LogP contribution in [0.3, 0.4) is 0 Å². The molecule has 0 N–H and O–H groups in total. The molecular formula is C10H16O2. The first-order valence-electron chi connectivity index (χ1n) is 4.10. The molecule has 0 aliphatic heterocycles. The first-order valence-corrected chi connectivity index (χ1v) is 4.10. The summed E-state index contributed by atoms with van der Waals surface area (Å²) in [5.74, 6) is -0.0602. The van der Waals surface area contributed by atoms with Gasteiger partial charge in [0.15, 0.2) is 0 Å². The van der Waals surface area contributed by atoms with Crippen LogP contribution in [0.25, 0.3) is 0 Å². The molecule has 0 aliphatic carbocycles. The maximum atomic E-state index is 11.1. The van der Waals surface area contributed by atoms with E-state index in [-0.39, 0.29) is 11.9 Å². The van der Waals surface area contributed by atoms with E-state index >= 15 is 0 Å². The second-order valence-electron chi connectivity index (χ2n) is 3.18. The maximum absolute atomic E-state index is 11.1. The molecule has 0 aromatic rings. The largest absolute Gasteiger partial charge is 0.465 e. The summed E-state index contributed by atoms with van der Waals surface area (Å²) in [5.41, 5.74) is 2.56. The number of rotatable bonds is 4. The van der Waals surface area contributed by atoms with Crippen molar-refractivity contribution >= 4 is 5.97 Å². The van der Waals surface area contributed by atoms with Crippen LogP contribution in [0.2, 0.25) is 0 Å². The second-order valence-corrected chi connectivity index (χ2v) is 3.18. The van der Waals surface area contributed by atoms with Gasteiger partial charge in [-0.25, -0.2) is 0 Å². The number of ether oxygens (including phenoxy) is 1. The molecule has 12 heavy (non-hydrogen) atoms. The van der Waals surface area contributed by atoms with Crippen molar-refractivity contribution in [1.82, 2.24) is 0 Å². The van der Waals surface area contributed by atoms with Gasteiger partial charge in [0.25, 0.3) is 0 Å². The van der Waals surface area contributed by atoms with Gasteiger partial charge >= 0.3 is 5.97 Å². The van der Waals surface area contributed by atoms with E-state index in [9.17, 15) is 4.79 Å². The standard InChI is InChI=1S/C10H16O2/c1-5-6-9(4)10(11)12-7-8(2)3/h6,8-9H,1,7H2,2-4H3. The third-order valence-electron chi connectivity index (χ3n) is 1.30. The molecule has 0 bridgehead atoms. The Hall–Kier alpha value is -1.01. The van der Waals surface area contributed by atoms with E-state index < -0.39 is 0 Å². The van der Waals surface area contributed by atoms with Crippen LogP contribution in [-0.4, -0.2) is 12.6 Å². The predicted octanol–water partition coefficient (Wildman–Crippen LogP) is 2.16. The monoisotopic (exact) mass is 168 g/mol. The van der Waals surface area contributed by atoms with E-state index in [1.807, 2.05) is 13.8 Å². The summed E-state index contributed by atoms with van der Waals surface area (Å²) < 4.78 is 4.98. The Balaban J connectivity index is 3.79. The van der Waals surface area contributed by atoms with E-state index in [0.717, 1.165) is 0 Å². The molecule has 2 heteroatoms. The summed E-state index contributed by atoms with van der Waals surface area (Å²) in [4.78, 5) is 11.1. The smallest absolute Gasteiger partial charge is 0.313 e. The van der Waals surface area contributed by atoms with E-state index in [2.05, 4.69) is 12.3 Å². The Bertz CT molecular complexity index is 188. The molecule has 0 amide bonds. The third-order valence-corrected chi connectivity index (χ3v) is 1.30. The van der Waals surface area contributed by atoms with E-state index in [1.165, 1.54) is 0 Å². The lowest BCUT2D eigenvalue weighted by Gasteiger charge is -2.08. The van der Waals surface area contributed by atoms with Crippen molar-refractivity contribution in [2.45, 2.75) is 20.8 Å². The van der Waals surface area contributed by atoms with Crippen molar-refractivity contribution in [3.8, 4) is 0 Å². The van der Waals surface area contributed by atoms with Gasteiger partial charge in [-0.1, -0.05) is 20.4 Å². The maximum Gasteiger partial charge on any atom is 0.313 e. The van der Waals surface area contributed by atoms with Gasteiger partial charge in [0.2, 0.25) is 0 Å². The van der Waals surface area contributed by atoms with Gasteiger partial charge in [-0.15, -0.1) is 5.73 Å². The summed E-state index contributed by atoms with van der Waals surface area (Å²) >= 11 is 0. The molecule has 0 rings (SSSR count). The lowest BCUT2D eigenvalue weighted by Crippen LogP contribution is -2.15. The molecule has 0 saturated carbocycles. The molecule has 0 radical (unpaired) electrons. The molecule has 1 atom stereocenters. The Morgan fingerprint density at radius 2 is 2.17 bits per heavy atom. The van der Waals surface area contributed by atoms with Crippen LogP contribution in [-0.2, 0) is 9.53 Å². The highest BCUT2D eigenvalue weighted by Crippen LogP contribution is 2.01. The van der Waals surface area contributed by atoms with Gasteiger partial charge in [0, 0.05) is 0 Å². The van der Waals surface area contributed by atoms with Crippen LogP contribution in [0.1, 0.15) is 20.8 Å². The van der Waals surface area contributed by atoms with Crippen LogP contribution in [0.4, 0.5) is 0 Å². The van der Waals surface area contributed by atoms with Crippen molar-refractivity contribution in [3.05, 3.63) is 18.4 Å². The molecule has 0 spiro atoms. The van der Waals surface area contributed by atoms with Crippen LogP contribution in [0, 0.1) is 11.8 Å². The molecule has 68 valence electrons. The molecule has 0 aromatic heterocycles. The summed E-state index contributed by atoms with van der Waals surface area (Å²) in [6.45, 7) is 9.64. The quantitative estimate of drug-likeness (QED) is 0.475. The van der Waals surface area contributed by atoms with Crippen molar-refractivity contribution < 1.29 is 9.53 Å². The Kier molecular flexibility index (Phi) is 5.14. The topological polar surface area (TPSA) is 26.3 Å². The molecule has 0 aromatic carbocycles. The van der Waals surface area contributed by atoms with Crippen LogP contribution in [0.15, 0.2) is 18.4 Å². The van der Waals surface area contributed by atoms with E-state index in [0.29, 0.717) is 12.5 Å². The lowest BCUT2D eigenvalue weighted by molar-refractivity contribution is -0.147. The number of carbonyl (C=O) groups excluding carboxylic acids is 1. The second kappa shape index (κ2) is 5.62. The van der Waals surface area contributed by atoms with Gasteiger partial charge in [-0.3, -0.25) is 4.79 Å². The van der Waals surface area contributed by atoms with Gasteiger partial charge in [-0.2, -0.15) is 0 Å². The summed E-state index contributed by atoms with van der Waals surface area (Å²) in [6, 6.07) is 0. The lowest BCUT2D eigenvalue weighted by atomic mass is 10.2. The van der Waals surface area contributed by atoms with Crippen LogP contribution >= 0.6 is 0 Å². The number of carbonyl (C=O) groups is 1. The predicted molar refractivity (Wildman–Crippen MR) is 48.7 cm³/mol. The SMILES string of the molecule is C=C=CC(C)C(=O)OCC(C)C. The Morgan fingerprint density at radius 1 is 1.58 bits per heavy atom. The molecule has 2 nitrogen and oxygen atoms in total. The highest BCUT2D eigenvalue weighted by molar-refractivity contribution is 5.73. The Morgan fingerprint density at radius 3 is 2.58 bits per heavy atom. The zero-order valence-corrected chi connectivity index (χ0v) is 7.96. The fourth-order valence-electron chi connectivity index (χ4n) is 0.625. The third kappa shape index (κ3) is 4.75. The van der Waals surface area contributed by atoms with Crippen LogP contribution in [0.5, 0.6) is 0 Å². The zero-order valence-electron chi connectivity index (χ0n) is 7.96. The van der Waals surface area contributed by atoms with Crippen molar-refractivity contribution in [1.29, 1.82) is 0 Å². The normalized spacial score (nSPS) is 12.0. The summed E-state index contributed by atoms with van der Waals surface area (Å²) in [6.07, 6.45) is 1.60. The molecule has 0 heterocycles. The van der Waals surface area contributed by atoms with Crippen molar-refractivity contribution in [3.63, 3.8) is 0 Å². The minimum absolute atomic E-state index is 0.208. The summed E-state index contributed by atoms with van der Waals surface area (Å²) in [5, 5.41) is 0. The van der Waals surface area contributed by atoms with Gasteiger partial charge in [0.05, 0.1) is 12.5 Å². The fraction of sp³-hybridized carbons (Fsp3) is 0.600. The highest BCUT2D eigenvalue weighted by atomic mass is 16.5. The molecule has 0 saturated heterocycles. The molecular weight excluding hydrogens is 152 g/mol. The minimum atomic E-state index is -0.235. The minimum Gasteiger partial charge on any atom is -0.465 e. The van der Waals surface area contributed by atoms with Crippen molar-refractivity contribution in [2.24, 2.45) is 11.8 Å². The van der Waals surface area contributed by atoms with Gasteiger partial charge < -0.3 is 4.74 Å². The highest BCUT2D eigenvalue weighted by Gasteiger charge is 2.10.